The number of nitrogens with one attached hydrogen (secondary N) is 1. The van der Waals surface area contributed by atoms with Gasteiger partial charge in [-0.15, -0.1) is 11.3 Å². The van der Waals surface area contributed by atoms with Gasteiger partial charge in [-0.25, -0.2) is 0 Å². The van der Waals surface area contributed by atoms with Crippen molar-refractivity contribution in [3.63, 3.8) is 0 Å². The van der Waals surface area contributed by atoms with Crippen molar-refractivity contribution in [2.75, 3.05) is 19.8 Å². The van der Waals surface area contributed by atoms with Gasteiger partial charge in [0.15, 0.2) is 0 Å². The first-order chi connectivity index (χ1) is 10.1. The van der Waals surface area contributed by atoms with E-state index in [1.807, 2.05) is 5.38 Å². The van der Waals surface area contributed by atoms with Crippen LogP contribution in [-0.4, -0.2) is 31.2 Å². The number of carbonyl (C=O) groups excluding carboxylic acids is 1. The maximum absolute atomic E-state index is 12.5. The predicted octanol–water partition coefficient (Wildman–Crippen LogP) is 2.11. The highest BCUT2D eigenvalue weighted by molar-refractivity contribution is 7.10. The van der Waals surface area contributed by atoms with Gasteiger partial charge in [0.25, 0.3) is 5.91 Å². The Morgan fingerprint density at radius 1 is 1.52 bits per heavy atom. The Morgan fingerprint density at radius 2 is 2.29 bits per heavy atom. The van der Waals surface area contributed by atoms with Crippen LogP contribution >= 0.6 is 11.3 Å². The third-order valence-electron chi connectivity index (χ3n) is 4.74. The first-order valence-electron chi connectivity index (χ1n) is 7.81. The molecule has 1 fully saturated rings. The summed E-state index contributed by atoms with van der Waals surface area (Å²) in [5.74, 6) is 0.778. The maximum atomic E-state index is 12.5. The van der Waals surface area contributed by atoms with Crippen LogP contribution in [0.15, 0.2) is 5.38 Å². The SMILES string of the molecule is CC1CCc2c(C(=O)NCC3(N)CCOCC3)csc2C1. The highest BCUT2D eigenvalue weighted by Crippen LogP contribution is 2.32. The quantitative estimate of drug-likeness (QED) is 0.899. The summed E-state index contributed by atoms with van der Waals surface area (Å²) in [5.41, 5.74) is 8.16. The van der Waals surface area contributed by atoms with Gasteiger partial charge < -0.3 is 15.8 Å². The molecule has 116 valence electrons. The molecular weight excluding hydrogens is 284 g/mol. The Hall–Kier alpha value is -0.910. The van der Waals surface area contributed by atoms with Crippen molar-refractivity contribution in [1.29, 1.82) is 0 Å². The van der Waals surface area contributed by atoms with Crippen LogP contribution in [-0.2, 0) is 17.6 Å². The van der Waals surface area contributed by atoms with Crippen LogP contribution in [0.5, 0.6) is 0 Å². The highest BCUT2D eigenvalue weighted by Gasteiger charge is 2.29. The number of nitrogens with two attached hydrogens (primary N) is 1. The number of thiophene rings is 1. The van der Waals surface area contributed by atoms with Gasteiger partial charge in [0.05, 0.1) is 5.56 Å². The molecule has 1 aromatic rings. The summed E-state index contributed by atoms with van der Waals surface area (Å²) >= 11 is 1.73. The molecule has 1 saturated heterocycles. The lowest BCUT2D eigenvalue weighted by molar-refractivity contribution is 0.0518. The Morgan fingerprint density at radius 3 is 3.05 bits per heavy atom. The fraction of sp³-hybridized carbons (Fsp3) is 0.688. The predicted molar refractivity (Wildman–Crippen MR) is 84.8 cm³/mol. The molecular formula is C16H24N2O2S. The van der Waals surface area contributed by atoms with E-state index in [2.05, 4.69) is 12.2 Å². The van der Waals surface area contributed by atoms with Crippen molar-refractivity contribution in [3.8, 4) is 0 Å². The summed E-state index contributed by atoms with van der Waals surface area (Å²) in [6.45, 7) is 4.21. The van der Waals surface area contributed by atoms with Crippen molar-refractivity contribution >= 4 is 17.2 Å². The molecule has 0 radical (unpaired) electrons. The Balaban J connectivity index is 1.63. The number of carbonyl (C=O) groups is 1. The van der Waals surface area contributed by atoms with E-state index < -0.39 is 0 Å². The second-order valence-electron chi connectivity index (χ2n) is 6.56. The van der Waals surface area contributed by atoms with Crippen LogP contribution in [0.3, 0.4) is 0 Å². The zero-order valence-electron chi connectivity index (χ0n) is 12.6. The van der Waals surface area contributed by atoms with Crippen molar-refractivity contribution < 1.29 is 9.53 Å². The van der Waals surface area contributed by atoms with E-state index >= 15 is 0 Å². The molecule has 1 atom stereocenters. The lowest BCUT2D eigenvalue weighted by Gasteiger charge is -2.33. The van der Waals surface area contributed by atoms with E-state index in [4.69, 9.17) is 10.5 Å². The Kier molecular flexibility index (Phi) is 4.33. The van der Waals surface area contributed by atoms with Crippen LogP contribution in [0.2, 0.25) is 0 Å². The molecule has 3 N–H and O–H groups in total. The van der Waals surface area contributed by atoms with Crippen molar-refractivity contribution in [2.24, 2.45) is 11.7 Å². The summed E-state index contributed by atoms with van der Waals surface area (Å²) in [6, 6.07) is 0. The summed E-state index contributed by atoms with van der Waals surface area (Å²) in [6.07, 6.45) is 4.96. The van der Waals surface area contributed by atoms with Crippen molar-refractivity contribution in [3.05, 3.63) is 21.4 Å². The minimum atomic E-state index is -0.307. The minimum absolute atomic E-state index is 0.0402. The zero-order valence-corrected chi connectivity index (χ0v) is 13.4. The number of fused-ring (bicyclic) bond motifs is 1. The van der Waals surface area contributed by atoms with Crippen LogP contribution < -0.4 is 11.1 Å². The van der Waals surface area contributed by atoms with Crippen LogP contribution in [0.4, 0.5) is 0 Å². The molecule has 1 amide bonds. The van der Waals surface area contributed by atoms with E-state index in [1.54, 1.807) is 11.3 Å². The second-order valence-corrected chi connectivity index (χ2v) is 7.52. The molecule has 4 nitrogen and oxygen atoms in total. The molecule has 0 saturated carbocycles. The van der Waals surface area contributed by atoms with Gasteiger partial charge in [0, 0.05) is 35.6 Å². The van der Waals surface area contributed by atoms with Gasteiger partial charge in [0.2, 0.25) is 0 Å². The first-order valence-corrected chi connectivity index (χ1v) is 8.69. The highest BCUT2D eigenvalue weighted by atomic mass is 32.1. The molecule has 21 heavy (non-hydrogen) atoms. The third-order valence-corrected chi connectivity index (χ3v) is 5.79. The molecule has 1 aliphatic carbocycles. The average Bonchev–Trinajstić information content (AvgIpc) is 2.88. The summed E-state index contributed by atoms with van der Waals surface area (Å²) in [7, 11) is 0. The maximum Gasteiger partial charge on any atom is 0.252 e. The fourth-order valence-electron chi connectivity index (χ4n) is 3.17. The van der Waals surface area contributed by atoms with Crippen molar-refractivity contribution in [2.45, 2.75) is 44.6 Å². The molecule has 0 spiro atoms. The Bertz CT molecular complexity index is 520. The van der Waals surface area contributed by atoms with Gasteiger partial charge in [-0.3, -0.25) is 4.79 Å². The van der Waals surface area contributed by atoms with Gasteiger partial charge >= 0.3 is 0 Å². The first kappa shape index (κ1) is 15.0. The zero-order chi connectivity index (χ0) is 14.9. The number of amides is 1. The van der Waals surface area contributed by atoms with Gasteiger partial charge in [0.1, 0.15) is 0 Å². The molecule has 5 heteroatoms. The van der Waals surface area contributed by atoms with E-state index in [0.29, 0.717) is 19.8 Å². The fourth-order valence-corrected chi connectivity index (χ4v) is 4.42. The van der Waals surface area contributed by atoms with E-state index in [9.17, 15) is 4.79 Å². The smallest absolute Gasteiger partial charge is 0.252 e. The molecule has 2 aliphatic rings. The van der Waals surface area contributed by atoms with E-state index in [0.717, 1.165) is 37.2 Å². The molecule has 1 unspecified atom stereocenters. The number of hydrogen-bond acceptors (Lipinski definition) is 4. The second kappa shape index (κ2) is 6.07. The van der Waals surface area contributed by atoms with E-state index in [1.165, 1.54) is 16.9 Å². The lowest BCUT2D eigenvalue weighted by atomic mass is 9.88. The van der Waals surface area contributed by atoms with E-state index in [-0.39, 0.29) is 11.4 Å². The minimum Gasteiger partial charge on any atom is -0.381 e. The van der Waals surface area contributed by atoms with Crippen LogP contribution in [0.25, 0.3) is 0 Å². The number of ether oxygens (including phenoxy) is 1. The standard InChI is InChI=1S/C16H24N2O2S/c1-11-2-3-12-13(9-21-14(12)8-11)15(19)18-10-16(17)4-6-20-7-5-16/h9,11H,2-8,10,17H2,1H3,(H,18,19). The molecule has 3 rings (SSSR count). The van der Waals surface area contributed by atoms with Crippen molar-refractivity contribution in [1.82, 2.24) is 5.32 Å². The van der Waals surface area contributed by atoms with Gasteiger partial charge in [-0.05, 0) is 43.6 Å². The normalized spacial score (nSPS) is 24.4. The monoisotopic (exact) mass is 308 g/mol. The molecule has 0 bridgehead atoms. The summed E-state index contributed by atoms with van der Waals surface area (Å²) < 4.78 is 5.34. The van der Waals surface area contributed by atoms with Gasteiger partial charge in [-0.2, -0.15) is 0 Å². The van der Waals surface area contributed by atoms with Crippen LogP contribution in [0.1, 0.15) is 47.0 Å². The Labute approximate surface area is 130 Å². The molecule has 1 aliphatic heterocycles. The molecule has 1 aromatic heterocycles. The largest absolute Gasteiger partial charge is 0.381 e. The third kappa shape index (κ3) is 3.30. The molecule has 2 heterocycles. The summed E-state index contributed by atoms with van der Waals surface area (Å²) in [4.78, 5) is 13.8. The average molecular weight is 308 g/mol. The number of hydrogen-bond donors (Lipinski definition) is 2. The summed E-state index contributed by atoms with van der Waals surface area (Å²) in [5, 5.41) is 5.06. The molecule has 0 aromatic carbocycles. The number of rotatable bonds is 3. The van der Waals surface area contributed by atoms with Gasteiger partial charge in [-0.1, -0.05) is 6.92 Å². The lowest BCUT2D eigenvalue weighted by Crippen LogP contribution is -2.53. The van der Waals surface area contributed by atoms with Crippen LogP contribution in [0, 0.1) is 5.92 Å². The topological polar surface area (TPSA) is 64.4 Å².